The first-order chi connectivity index (χ1) is 8.51. The Labute approximate surface area is 108 Å². The highest BCUT2D eigenvalue weighted by molar-refractivity contribution is 6.32. The summed E-state index contributed by atoms with van der Waals surface area (Å²) in [6.07, 6.45) is -2.08. The minimum atomic E-state index is -2.76. The molecule has 1 heterocycles. The number of pyridine rings is 1. The lowest BCUT2D eigenvalue weighted by Crippen LogP contribution is -2.12. The molecule has 0 spiro atoms. The number of halogens is 3. The number of aromatic nitrogens is 1. The fourth-order valence-electron chi connectivity index (χ4n) is 1.45. The lowest BCUT2D eigenvalue weighted by molar-refractivity contribution is -0.142. The summed E-state index contributed by atoms with van der Waals surface area (Å²) in [5.74, 6) is -0.615. The topological polar surface area (TPSA) is 65.2 Å². The molecule has 2 N–H and O–H groups in total. The maximum atomic E-state index is 12.8. The smallest absolute Gasteiger partial charge is 0.310 e. The van der Waals surface area contributed by atoms with Crippen LogP contribution in [0.4, 0.5) is 8.78 Å². The molecule has 7 heteroatoms. The van der Waals surface area contributed by atoms with E-state index in [0.29, 0.717) is 0 Å². The number of nitrogens with zero attached hydrogens (tertiary/aromatic N) is 1. The molecule has 18 heavy (non-hydrogen) atoms. The van der Waals surface area contributed by atoms with Gasteiger partial charge < -0.3 is 10.5 Å². The summed E-state index contributed by atoms with van der Waals surface area (Å²) in [6, 6.07) is 0. The number of rotatable bonds is 5. The first-order valence-corrected chi connectivity index (χ1v) is 5.69. The third kappa shape index (κ3) is 3.36. The third-order valence-corrected chi connectivity index (χ3v) is 2.73. The molecule has 0 atom stereocenters. The van der Waals surface area contributed by atoms with Crippen molar-refractivity contribution in [3.63, 3.8) is 0 Å². The van der Waals surface area contributed by atoms with Crippen LogP contribution in [0.5, 0.6) is 0 Å². The summed E-state index contributed by atoms with van der Waals surface area (Å²) < 4.78 is 30.3. The van der Waals surface area contributed by atoms with Gasteiger partial charge in [-0.1, -0.05) is 11.6 Å². The molecule has 0 saturated heterocycles. The van der Waals surface area contributed by atoms with E-state index in [1.807, 2.05) is 0 Å². The standard InChI is InChI=1S/C11H13ClF2N2O2/c1-2-18-9(17)3-6-7(11(13)14)5-16-8(4-15)10(6)12/h5,11H,2-4,15H2,1H3. The van der Waals surface area contributed by atoms with Gasteiger partial charge in [-0.15, -0.1) is 0 Å². The van der Waals surface area contributed by atoms with E-state index in [9.17, 15) is 13.6 Å². The first kappa shape index (κ1) is 14.8. The summed E-state index contributed by atoms with van der Waals surface area (Å²) in [5, 5.41) is 0.00310. The maximum absolute atomic E-state index is 12.8. The van der Waals surface area contributed by atoms with Crippen LogP contribution < -0.4 is 5.73 Å². The van der Waals surface area contributed by atoms with Crippen LogP contribution in [-0.2, 0) is 22.5 Å². The Morgan fingerprint density at radius 1 is 1.61 bits per heavy atom. The number of hydrogen-bond acceptors (Lipinski definition) is 4. The van der Waals surface area contributed by atoms with Crippen molar-refractivity contribution in [2.45, 2.75) is 26.3 Å². The van der Waals surface area contributed by atoms with Crippen molar-refractivity contribution < 1.29 is 18.3 Å². The zero-order chi connectivity index (χ0) is 13.7. The van der Waals surface area contributed by atoms with E-state index >= 15 is 0 Å². The quantitative estimate of drug-likeness (QED) is 0.839. The normalized spacial score (nSPS) is 10.8. The Balaban J connectivity index is 3.15. The van der Waals surface area contributed by atoms with Gasteiger partial charge in [0.15, 0.2) is 0 Å². The summed E-state index contributed by atoms with van der Waals surface area (Å²) in [4.78, 5) is 15.1. The molecule has 0 saturated carbocycles. The Kier molecular flexibility index (Phi) is 5.43. The van der Waals surface area contributed by atoms with Crippen LogP contribution in [0.25, 0.3) is 0 Å². The van der Waals surface area contributed by atoms with Crippen LogP contribution in [0.1, 0.15) is 30.2 Å². The average Bonchev–Trinajstić information content (AvgIpc) is 2.31. The van der Waals surface area contributed by atoms with E-state index in [0.717, 1.165) is 6.20 Å². The molecule has 0 unspecified atom stereocenters. The highest BCUT2D eigenvalue weighted by atomic mass is 35.5. The van der Waals surface area contributed by atoms with Gasteiger partial charge in [-0.2, -0.15) is 0 Å². The number of esters is 1. The van der Waals surface area contributed by atoms with Gasteiger partial charge in [0.25, 0.3) is 6.43 Å². The number of carbonyl (C=O) groups is 1. The van der Waals surface area contributed by atoms with Crippen molar-refractivity contribution in [2.24, 2.45) is 5.73 Å². The lowest BCUT2D eigenvalue weighted by atomic mass is 10.1. The van der Waals surface area contributed by atoms with Crippen LogP contribution in [-0.4, -0.2) is 17.6 Å². The molecule has 1 aromatic rings. The fraction of sp³-hybridized carbons (Fsp3) is 0.455. The van der Waals surface area contributed by atoms with Crippen molar-refractivity contribution >= 4 is 17.6 Å². The first-order valence-electron chi connectivity index (χ1n) is 5.31. The molecule has 1 aromatic heterocycles. The monoisotopic (exact) mass is 278 g/mol. The molecular weight excluding hydrogens is 266 g/mol. The Bertz CT molecular complexity index is 441. The van der Waals surface area contributed by atoms with E-state index in [2.05, 4.69) is 4.98 Å². The van der Waals surface area contributed by atoms with Crippen molar-refractivity contribution in [1.29, 1.82) is 0 Å². The largest absolute Gasteiger partial charge is 0.466 e. The van der Waals surface area contributed by atoms with Crippen LogP contribution >= 0.6 is 11.6 Å². The van der Waals surface area contributed by atoms with Gasteiger partial charge in [0.2, 0.25) is 0 Å². The summed E-state index contributed by atoms with van der Waals surface area (Å²) in [5.41, 5.74) is 5.32. The molecule has 0 aromatic carbocycles. The van der Waals surface area contributed by atoms with Gasteiger partial charge >= 0.3 is 5.97 Å². The van der Waals surface area contributed by atoms with Gasteiger partial charge in [0.05, 0.1) is 23.7 Å². The predicted molar refractivity (Wildman–Crippen MR) is 62.4 cm³/mol. The zero-order valence-electron chi connectivity index (χ0n) is 9.75. The summed E-state index contributed by atoms with van der Waals surface area (Å²) in [7, 11) is 0. The average molecular weight is 279 g/mol. The highest BCUT2D eigenvalue weighted by Crippen LogP contribution is 2.30. The lowest BCUT2D eigenvalue weighted by Gasteiger charge is -2.12. The molecule has 0 radical (unpaired) electrons. The van der Waals surface area contributed by atoms with E-state index < -0.39 is 12.4 Å². The van der Waals surface area contributed by atoms with Crippen molar-refractivity contribution in [3.05, 3.63) is 28.0 Å². The van der Waals surface area contributed by atoms with Crippen LogP contribution in [0, 0.1) is 0 Å². The Morgan fingerprint density at radius 2 is 2.28 bits per heavy atom. The van der Waals surface area contributed by atoms with Crippen molar-refractivity contribution in [3.8, 4) is 0 Å². The molecule has 4 nitrogen and oxygen atoms in total. The van der Waals surface area contributed by atoms with Crippen LogP contribution in [0.3, 0.4) is 0 Å². The number of hydrogen-bond donors (Lipinski definition) is 1. The summed E-state index contributed by atoms with van der Waals surface area (Å²) >= 11 is 5.92. The SMILES string of the molecule is CCOC(=O)Cc1c(C(F)F)cnc(CN)c1Cl. The third-order valence-electron chi connectivity index (χ3n) is 2.28. The number of nitrogens with two attached hydrogens (primary N) is 1. The van der Waals surface area contributed by atoms with Crippen molar-refractivity contribution in [1.82, 2.24) is 4.98 Å². The molecule has 1 rings (SSSR count). The van der Waals surface area contributed by atoms with Gasteiger partial charge in [-0.25, -0.2) is 8.78 Å². The van der Waals surface area contributed by atoms with Crippen LogP contribution in [0.15, 0.2) is 6.20 Å². The molecular formula is C11H13ClF2N2O2. The second-order valence-electron chi connectivity index (χ2n) is 3.44. The van der Waals surface area contributed by atoms with Gasteiger partial charge in [-0.05, 0) is 12.5 Å². The fourth-order valence-corrected chi connectivity index (χ4v) is 1.75. The van der Waals surface area contributed by atoms with E-state index in [4.69, 9.17) is 22.1 Å². The van der Waals surface area contributed by atoms with E-state index in [-0.39, 0.29) is 41.4 Å². The number of alkyl halides is 2. The van der Waals surface area contributed by atoms with Crippen LogP contribution in [0.2, 0.25) is 5.02 Å². The molecule has 0 aliphatic rings. The predicted octanol–water partition coefficient (Wildman–Crippen LogP) is 2.24. The van der Waals surface area contributed by atoms with Gasteiger partial charge in [0.1, 0.15) is 0 Å². The zero-order valence-corrected chi connectivity index (χ0v) is 10.5. The number of carbonyl (C=O) groups excluding carboxylic acids is 1. The number of ether oxygens (including phenoxy) is 1. The molecule has 100 valence electrons. The molecule has 0 bridgehead atoms. The maximum Gasteiger partial charge on any atom is 0.310 e. The second-order valence-corrected chi connectivity index (χ2v) is 3.82. The molecule has 0 aliphatic heterocycles. The minimum Gasteiger partial charge on any atom is -0.466 e. The van der Waals surface area contributed by atoms with Gasteiger partial charge in [0, 0.05) is 18.3 Å². The van der Waals surface area contributed by atoms with Crippen molar-refractivity contribution in [2.75, 3.05) is 6.61 Å². The minimum absolute atomic E-state index is 0.00310. The molecule has 0 aliphatic carbocycles. The second kappa shape index (κ2) is 6.61. The highest BCUT2D eigenvalue weighted by Gasteiger charge is 2.21. The van der Waals surface area contributed by atoms with Gasteiger partial charge in [-0.3, -0.25) is 9.78 Å². The van der Waals surface area contributed by atoms with E-state index in [1.165, 1.54) is 0 Å². The summed E-state index contributed by atoms with van der Waals surface area (Å²) in [6.45, 7) is 1.82. The molecule has 0 fully saturated rings. The van der Waals surface area contributed by atoms with E-state index in [1.54, 1.807) is 6.92 Å². The Hall–Kier alpha value is -1.27. The Morgan fingerprint density at radius 3 is 2.78 bits per heavy atom. The molecule has 0 amide bonds.